The van der Waals surface area contributed by atoms with Crippen LogP contribution in [0.3, 0.4) is 0 Å². The van der Waals surface area contributed by atoms with Gasteiger partial charge in [0.15, 0.2) is 0 Å². The van der Waals surface area contributed by atoms with Gasteiger partial charge < -0.3 is 10.5 Å². The predicted octanol–water partition coefficient (Wildman–Crippen LogP) is 2.81. The summed E-state index contributed by atoms with van der Waals surface area (Å²) < 4.78 is 5.22. The molecule has 2 heteroatoms. The zero-order chi connectivity index (χ0) is 10.4. The third-order valence-corrected chi connectivity index (χ3v) is 1.12. The van der Waals surface area contributed by atoms with Crippen molar-refractivity contribution >= 4 is 0 Å². The molecule has 0 fully saturated rings. The molecule has 2 N–H and O–H groups in total. The monoisotopic (exact) mass is 177 g/mol. The first kappa shape index (κ1) is 17.9. The van der Waals surface area contributed by atoms with Crippen LogP contribution < -0.4 is 5.73 Å². The molecule has 0 aliphatic carbocycles. The summed E-state index contributed by atoms with van der Waals surface area (Å²) in [6.07, 6.45) is 1.30. The van der Waals surface area contributed by atoms with Crippen molar-refractivity contribution in [1.29, 1.82) is 0 Å². The lowest BCUT2D eigenvalue weighted by Gasteiger charge is -2.10. The zero-order valence-corrected chi connectivity index (χ0v) is 9.68. The fourth-order valence-electron chi connectivity index (χ4n) is 0.588. The van der Waals surface area contributed by atoms with Gasteiger partial charge in [-0.2, -0.15) is 0 Å². The van der Waals surface area contributed by atoms with Gasteiger partial charge in [-0.3, -0.25) is 0 Å². The second-order valence-electron chi connectivity index (χ2n) is 1.72. The number of ether oxygens (including phenoxy) is 1. The molecule has 1 atom stereocenters. The highest BCUT2D eigenvalue weighted by Gasteiger charge is 1.98. The van der Waals surface area contributed by atoms with Crippen LogP contribution in [-0.2, 0) is 4.74 Å². The Kier molecular flexibility index (Phi) is 33.4. The molecule has 0 radical (unpaired) electrons. The first-order chi connectivity index (χ1) is 5.85. The van der Waals surface area contributed by atoms with Gasteiger partial charge in [0, 0.05) is 13.2 Å². The summed E-state index contributed by atoms with van der Waals surface area (Å²) in [6.45, 7) is 13.5. The van der Waals surface area contributed by atoms with Crippen molar-refractivity contribution in [2.75, 3.05) is 13.2 Å². The summed E-state index contributed by atoms with van der Waals surface area (Å²) in [5.41, 5.74) is 5.34. The molecule has 1 unspecified atom stereocenters. The van der Waals surface area contributed by atoms with Gasteiger partial charge in [-0.25, -0.2) is 0 Å². The van der Waals surface area contributed by atoms with Crippen LogP contribution in [-0.4, -0.2) is 19.3 Å². The Morgan fingerprint density at radius 1 is 1.08 bits per heavy atom. The fourth-order valence-corrected chi connectivity index (χ4v) is 0.588. The van der Waals surface area contributed by atoms with Gasteiger partial charge in [-0.1, -0.05) is 34.6 Å². The van der Waals surface area contributed by atoms with Crippen LogP contribution in [0.4, 0.5) is 0 Å². The summed E-state index contributed by atoms with van der Waals surface area (Å²) in [5.74, 6) is 0. The molecule has 12 heavy (non-hydrogen) atoms. The Morgan fingerprint density at radius 3 is 1.58 bits per heavy atom. The maximum atomic E-state index is 5.34. The van der Waals surface area contributed by atoms with E-state index in [1.807, 2.05) is 34.6 Å². The van der Waals surface area contributed by atoms with E-state index in [-0.39, 0.29) is 6.10 Å². The van der Waals surface area contributed by atoms with Gasteiger partial charge >= 0.3 is 0 Å². The van der Waals surface area contributed by atoms with E-state index in [4.69, 9.17) is 10.5 Å². The molecule has 0 aromatic rings. The molecule has 2 nitrogen and oxygen atoms in total. The summed E-state index contributed by atoms with van der Waals surface area (Å²) in [5, 5.41) is 0. The first-order valence-corrected chi connectivity index (χ1v) is 5.16. The minimum atomic E-state index is 0.278. The van der Waals surface area contributed by atoms with Crippen molar-refractivity contribution in [2.45, 2.75) is 54.1 Å². The van der Waals surface area contributed by atoms with E-state index in [0.717, 1.165) is 13.0 Å². The standard InChI is InChI=1S/C6H15NO.2C2H6/c1-3-6(5-7)8-4-2;2*1-2/h6H,3-5,7H2,1-2H3;2*1-2H3. The van der Waals surface area contributed by atoms with E-state index in [1.165, 1.54) is 0 Å². The Labute approximate surface area is 78.5 Å². The molecule has 0 heterocycles. The normalized spacial score (nSPS) is 10.2. The number of hydrogen-bond acceptors (Lipinski definition) is 2. The predicted molar refractivity (Wildman–Crippen MR) is 57.5 cm³/mol. The van der Waals surface area contributed by atoms with E-state index in [0.29, 0.717) is 6.54 Å². The van der Waals surface area contributed by atoms with Crippen LogP contribution in [0.25, 0.3) is 0 Å². The van der Waals surface area contributed by atoms with Crippen LogP contribution >= 0.6 is 0 Å². The average molecular weight is 177 g/mol. The molecule has 78 valence electrons. The third kappa shape index (κ3) is 16.5. The van der Waals surface area contributed by atoms with Gasteiger partial charge in [0.05, 0.1) is 6.10 Å². The van der Waals surface area contributed by atoms with Crippen molar-refractivity contribution in [3.05, 3.63) is 0 Å². The highest BCUT2D eigenvalue weighted by Crippen LogP contribution is 1.92. The van der Waals surface area contributed by atoms with E-state index in [1.54, 1.807) is 0 Å². The molecule has 0 aromatic heterocycles. The number of nitrogens with two attached hydrogens (primary N) is 1. The minimum Gasteiger partial charge on any atom is -0.377 e. The summed E-state index contributed by atoms with van der Waals surface area (Å²) in [6, 6.07) is 0. The van der Waals surface area contributed by atoms with Crippen LogP contribution in [0.5, 0.6) is 0 Å². The molecule has 0 amide bonds. The van der Waals surface area contributed by atoms with Crippen LogP contribution in [0, 0.1) is 0 Å². The molecule has 0 rings (SSSR count). The van der Waals surface area contributed by atoms with Gasteiger partial charge in [0.25, 0.3) is 0 Å². The fraction of sp³-hybridized carbons (Fsp3) is 1.00. The Hall–Kier alpha value is -0.0800. The molecule has 0 aliphatic heterocycles. The quantitative estimate of drug-likeness (QED) is 0.716. The van der Waals surface area contributed by atoms with Gasteiger partial charge in [-0.15, -0.1) is 0 Å². The van der Waals surface area contributed by atoms with Crippen molar-refractivity contribution in [1.82, 2.24) is 0 Å². The lowest BCUT2D eigenvalue weighted by atomic mass is 10.3. The molecule has 0 aromatic carbocycles. The Balaban J connectivity index is -0.000000175. The molecule has 0 bridgehead atoms. The Morgan fingerprint density at radius 2 is 1.50 bits per heavy atom. The van der Waals surface area contributed by atoms with Crippen molar-refractivity contribution in [2.24, 2.45) is 5.73 Å². The highest BCUT2D eigenvalue weighted by molar-refractivity contribution is 4.52. The molecule has 0 spiro atoms. The SMILES string of the molecule is CC.CC.CCOC(CC)CN. The van der Waals surface area contributed by atoms with Gasteiger partial charge in [0.1, 0.15) is 0 Å². The molecular formula is C10H27NO. The molecule has 0 saturated carbocycles. The third-order valence-electron chi connectivity index (χ3n) is 1.12. The maximum Gasteiger partial charge on any atom is 0.0694 e. The van der Waals surface area contributed by atoms with Crippen LogP contribution in [0.1, 0.15) is 48.0 Å². The average Bonchev–Trinajstić information content (AvgIpc) is 2.20. The number of hydrogen-bond donors (Lipinski definition) is 1. The smallest absolute Gasteiger partial charge is 0.0694 e. The topological polar surface area (TPSA) is 35.2 Å². The first-order valence-electron chi connectivity index (χ1n) is 5.16. The highest BCUT2D eigenvalue weighted by atomic mass is 16.5. The lowest BCUT2D eigenvalue weighted by molar-refractivity contribution is 0.0666. The van der Waals surface area contributed by atoms with Gasteiger partial charge in [-0.05, 0) is 13.3 Å². The zero-order valence-electron chi connectivity index (χ0n) is 9.68. The van der Waals surface area contributed by atoms with E-state index >= 15 is 0 Å². The Bertz CT molecular complexity index is 45.1. The van der Waals surface area contributed by atoms with E-state index < -0.39 is 0 Å². The number of rotatable bonds is 4. The van der Waals surface area contributed by atoms with E-state index in [2.05, 4.69) is 6.92 Å². The maximum absolute atomic E-state index is 5.34. The van der Waals surface area contributed by atoms with Crippen LogP contribution in [0.15, 0.2) is 0 Å². The summed E-state index contributed by atoms with van der Waals surface area (Å²) >= 11 is 0. The van der Waals surface area contributed by atoms with Gasteiger partial charge in [0.2, 0.25) is 0 Å². The van der Waals surface area contributed by atoms with Crippen LogP contribution in [0.2, 0.25) is 0 Å². The largest absolute Gasteiger partial charge is 0.377 e. The molecular weight excluding hydrogens is 150 g/mol. The second-order valence-corrected chi connectivity index (χ2v) is 1.72. The van der Waals surface area contributed by atoms with E-state index in [9.17, 15) is 0 Å². The summed E-state index contributed by atoms with van der Waals surface area (Å²) in [7, 11) is 0. The molecule has 0 saturated heterocycles. The summed E-state index contributed by atoms with van der Waals surface area (Å²) in [4.78, 5) is 0. The van der Waals surface area contributed by atoms with Crippen molar-refractivity contribution in [3.8, 4) is 0 Å². The lowest BCUT2D eigenvalue weighted by Crippen LogP contribution is -2.22. The van der Waals surface area contributed by atoms with Crippen molar-refractivity contribution < 1.29 is 4.74 Å². The second kappa shape index (κ2) is 22.4. The minimum absolute atomic E-state index is 0.278. The molecule has 0 aliphatic rings. The van der Waals surface area contributed by atoms with Crippen molar-refractivity contribution in [3.63, 3.8) is 0 Å².